The summed E-state index contributed by atoms with van der Waals surface area (Å²) in [4.78, 5) is 27.6. The molecular formula is C22H20N4O5S. The molecule has 3 aromatic rings. The van der Waals surface area contributed by atoms with Crippen LogP contribution in [0, 0.1) is 0 Å². The number of nitrogens with zero attached hydrogens (tertiary/aromatic N) is 3. The van der Waals surface area contributed by atoms with Crippen LogP contribution in [0.5, 0.6) is 17.2 Å². The van der Waals surface area contributed by atoms with Gasteiger partial charge in [0, 0.05) is 23.9 Å². The lowest BCUT2D eigenvalue weighted by molar-refractivity contribution is 0.0734. The maximum atomic E-state index is 13.1. The molecule has 2 aromatic carbocycles. The number of benzene rings is 2. The number of likely N-dealkylation sites (tertiary alicyclic amines) is 1. The van der Waals surface area contributed by atoms with Crippen molar-refractivity contribution in [1.29, 1.82) is 0 Å². The topological polar surface area (TPSA) is 103 Å². The zero-order chi connectivity index (χ0) is 22.1. The molecule has 1 aromatic heterocycles. The van der Waals surface area contributed by atoms with Gasteiger partial charge < -0.3 is 24.4 Å². The third-order valence-electron chi connectivity index (χ3n) is 5.38. The first-order valence-electron chi connectivity index (χ1n) is 10.1. The lowest BCUT2D eigenvalue weighted by Gasteiger charge is -2.23. The quantitative estimate of drug-likeness (QED) is 0.632. The van der Waals surface area contributed by atoms with Crippen LogP contribution in [0.25, 0.3) is 0 Å². The van der Waals surface area contributed by atoms with Crippen LogP contribution in [0.4, 0.5) is 5.69 Å². The molecule has 10 heteroatoms. The van der Waals surface area contributed by atoms with E-state index in [-0.39, 0.29) is 29.7 Å². The molecule has 2 amide bonds. The van der Waals surface area contributed by atoms with Crippen LogP contribution in [-0.2, 0) is 0 Å². The maximum absolute atomic E-state index is 13.1. The number of carbonyl (C=O) groups is 2. The Bertz CT molecular complexity index is 1180. The van der Waals surface area contributed by atoms with Crippen LogP contribution in [0.1, 0.15) is 44.1 Å². The predicted molar refractivity (Wildman–Crippen MR) is 116 cm³/mol. The molecule has 1 fully saturated rings. The third kappa shape index (κ3) is 3.84. The molecule has 164 valence electrons. The highest BCUT2D eigenvalue weighted by molar-refractivity contribution is 7.13. The Balaban J connectivity index is 1.30. The number of amides is 2. The molecule has 0 radical (unpaired) electrons. The summed E-state index contributed by atoms with van der Waals surface area (Å²) < 4.78 is 15.9. The summed E-state index contributed by atoms with van der Waals surface area (Å²) in [5.74, 6) is 1.40. The van der Waals surface area contributed by atoms with Gasteiger partial charge >= 0.3 is 0 Å². The second kappa shape index (κ2) is 8.46. The number of carbonyl (C=O) groups excluding carboxylic acids is 2. The predicted octanol–water partition coefficient (Wildman–Crippen LogP) is 3.51. The molecule has 0 aliphatic carbocycles. The highest BCUT2D eigenvalue weighted by Crippen LogP contribution is 2.36. The average molecular weight is 452 g/mol. The van der Waals surface area contributed by atoms with Gasteiger partial charge in [0.15, 0.2) is 11.5 Å². The number of rotatable bonds is 5. The van der Waals surface area contributed by atoms with Crippen molar-refractivity contribution in [3.05, 3.63) is 58.0 Å². The largest absolute Gasteiger partial charge is 0.497 e. The smallest absolute Gasteiger partial charge is 0.286 e. The van der Waals surface area contributed by atoms with E-state index in [4.69, 9.17) is 14.2 Å². The number of nitrogens with one attached hydrogen (secondary N) is 1. The van der Waals surface area contributed by atoms with Crippen molar-refractivity contribution in [2.24, 2.45) is 0 Å². The average Bonchev–Trinajstić information content (AvgIpc) is 3.58. The van der Waals surface area contributed by atoms with Crippen molar-refractivity contribution in [3.63, 3.8) is 0 Å². The van der Waals surface area contributed by atoms with Gasteiger partial charge in [0.25, 0.3) is 11.8 Å². The van der Waals surface area contributed by atoms with E-state index in [2.05, 4.69) is 15.5 Å². The van der Waals surface area contributed by atoms with Crippen LogP contribution in [-0.4, -0.2) is 47.4 Å². The molecule has 2 aliphatic heterocycles. The fraction of sp³-hybridized carbons (Fsp3) is 0.273. The van der Waals surface area contributed by atoms with Gasteiger partial charge in [0.05, 0.1) is 13.2 Å². The summed E-state index contributed by atoms with van der Waals surface area (Å²) in [5, 5.41) is 12.0. The van der Waals surface area contributed by atoms with Crippen molar-refractivity contribution in [2.75, 3.05) is 25.8 Å². The Morgan fingerprint density at radius 3 is 2.91 bits per heavy atom. The molecule has 0 spiro atoms. The van der Waals surface area contributed by atoms with Crippen LogP contribution in [0.15, 0.2) is 42.5 Å². The fourth-order valence-corrected chi connectivity index (χ4v) is 4.69. The second-order valence-electron chi connectivity index (χ2n) is 7.36. The number of methoxy groups -OCH3 is 1. The minimum atomic E-state index is -0.365. The molecule has 0 saturated carbocycles. The minimum absolute atomic E-state index is 0.0899. The van der Waals surface area contributed by atoms with Gasteiger partial charge in [0.1, 0.15) is 10.8 Å². The Morgan fingerprint density at radius 2 is 2.03 bits per heavy atom. The number of hydrogen-bond donors (Lipinski definition) is 1. The van der Waals surface area contributed by atoms with Crippen molar-refractivity contribution in [2.45, 2.75) is 18.9 Å². The summed E-state index contributed by atoms with van der Waals surface area (Å²) in [6.45, 7) is 0.790. The molecule has 1 atom stereocenters. The number of hydrogen-bond acceptors (Lipinski definition) is 8. The molecule has 0 bridgehead atoms. The van der Waals surface area contributed by atoms with E-state index in [9.17, 15) is 9.59 Å². The van der Waals surface area contributed by atoms with Crippen molar-refractivity contribution < 1.29 is 23.8 Å². The van der Waals surface area contributed by atoms with Gasteiger partial charge in [-0.25, -0.2) is 0 Å². The number of aromatic nitrogens is 2. The van der Waals surface area contributed by atoms with Crippen LogP contribution < -0.4 is 19.5 Å². The Morgan fingerprint density at radius 1 is 1.16 bits per heavy atom. The normalized spacial score (nSPS) is 16.8. The van der Waals surface area contributed by atoms with E-state index in [0.29, 0.717) is 40.1 Å². The maximum Gasteiger partial charge on any atom is 0.286 e. The third-order valence-corrected chi connectivity index (χ3v) is 6.40. The lowest BCUT2D eigenvalue weighted by Crippen LogP contribution is -2.30. The standard InChI is InChI=1S/C22H20N4O5S/c1-29-15-5-2-4-13(10-15)22(28)26-9-3-6-16(26)20-24-25-21(32-20)19(27)23-14-7-8-17-18(11-14)31-12-30-17/h2,4-5,7-8,10-11,16H,3,6,9,12H2,1H3,(H,23,27). The van der Waals surface area contributed by atoms with Crippen LogP contribution >= 0.6 is 11.3 Å². The highest BCUT2D eigenvalue weighted by Gasteiger charge is 2.33. The van der Waals surface area contributed by atoms with E-state index in [1.54, 1.807) is 54.5 Å². The van der Waals surface area contributed by atoms with Gasteiger partial charge in [-0.3, -0.25) is 9.59 Å². The molecule has 32 heavy (non-hydrogen) atoms. The summed E-state index contributed by atoms with van der Waals surface area (Å²) in [6, 6.07) is 12.1. The van der Waals surface area contributed by atoms with Gasteiger partial charge in [-0.2, -0.15) is 0 Å². The molecule has 3 heterocycles. The van der Waals surface area contributed by atoms with Crippen LogP contribution in [0.3, 0.4) is 0 Å². The Kier molecular flexibility index (Phi) is 5.36. The first kappa shape index (κ1) is 20.3. The fourth-order valence-electron chi connectivity index (χ4n) is 3.81. The monoisotopic (exact) mass is 452 g/mol. The van der Waals surface area contributed by atoms with Gasteiger partial charge in [-0.05, 0) is 43.2 Å². The molecule has 2 aliphatic rings. The lowest BCUT2D eigenvalue weighted by atomic mass is 10.1. The van der Waals surface area contributed by atoms with Crippen molar-refractivity contribution in [3.8, 4) is 17.2 Å². The van der Waals surface area contributed by atoms with Crippen molar-refractivity contribution >= 4 is 28.8 Å². The molecule has 1 unspecified atom stereocenters. The van der Waals surface area contributed by atoms with E-state index in [0.717, 1.165) is 12.8 Å². The van der Waals surface area contributed by atoms with Gasteiger partial charge in [-0.1, -0.05) is 17.4 Å². The summed E-state index contributed by atoms with van der Waals surface area (Å²) in [7, 11) is 1.57. The zero-order valence-corrected chi connectivity index (χ0v) is 18.1. The summed E-state index contributed by atoms with van der Waals surface area (Å²) in [6.07, 6.45) is 1.63. The summed E-state index contributed by atoms with van der Waals surface area (Å²) >= 11 is 1.20. The van der Waals surface area contributed by atoms with Gasteiger partial charge in [-0.15, -0.1) is 10.2 Å². The van der Waals surface area contributed by atoms with E-state index >= 15 is 0 Å². The SMILES string of the molecule is COc1cccc(C(=O)N2CCCC2c2nnc(C(=O)Nc3ccc4c(c3)OCO4)s2)c1. The van der Waals surface area contributed by atoms with Gasteiger partial charge in [0.2, 0.25) is 11.8 Å². The molecule has 1 N–H and O–H groups in total. The first-order chi connectivity index (χ1) is 15.6. The Hall–Kier alpha value is -3.66. The zero-order valence-electron chi connectivity index (χ0n) is 17.2. The first-order valence-corrected chi connectivity index (χ1v) is 10.9. The highest BCUT2D eigenvalue weighted by atomic mass is 32.1. The molecular weight excluding hydrogens is 432 g/mol. The van der Waals surface area contributed by atoms with Crippen LogP contribution in [0.2, 0.25) is 0 Å². The molecule has 9 nitrogen and oxygen atoms in total. The van der Waals surface area contributed by atoms with E-state index in [1.165, 1.54) is 11.3 Å². The Labute approximate surface area is 187 Å². The number of anilines is 1. The second-order valence-corrected chi connectivity index (χ2v) is 8.37. The van der Waals surface area contributed by atoms with Crippen molar-refractivity contribution in [1.82, 2.24) is 15.1 Å². The number of fused-ring (bicyclic) bond motifs is 1. The summed E-state index contributed by atoms with van der Waals surface area (Å²) in [5.41, 5.74) is 1.13. The van der Waals surface area contributed by atoms with E-state index < -0.39 is 0 Å². The molecule has 5 rings (SSSR count). The van der Waals surface area contributed by atoms with E-state index in [1.807, 2.05) is 0 Å². The minimum Gasteiger partial charge on any atom is -0.497 e. The molecule has 1 saturated heterocycles. The number of ether oxygens (including phenoxy) is 3.